The maximum absolute atomic E-state index is 11.8. The Morgan fingerprint density at radius 3 is 2.68 bits per heavy atom. The van der Waals surface area contributed by atoms with Crippen LogP contribution < -0.4 is 5.32 Å². The third kappa shape index (κ3) is 3.89. The number of carbonyl (C=O) groups excluding carboxylic acids is 1. The fourth-order valence-electron chi connectivity index (χ4n) is 2.17. The second-order valence-electron chi connectivity index (χ2n) is 4.93. The van der Waals surface area contributed by atoms with Crippen molar-refractivity contribution in [2.45, 2.75) is 11.6 Å². The lowest BCUT2D eigenvalue weighted by Gasteiger charge is -2.04. The molecule has 0 saturated carbocycles. The Morgan fingerprint density at radius 2 is 1.86 bits per heavy atom. The van der Waals surface area contributed by atoms with Crippen LogP contribution in [0.1, 0.15) is 5.56 Å². The molecule has 0 unspecified atom stereocenters. The number of hydrogen-bond donors (Lipinski definition) is 2. The summed E-state index contributed by atoms with van der Waals surface area (Å²) in [7, 11) is 0. The van der Waals surface area contributed by atoms with E-state index >= 15 is 0 Å². The molecule has 4 nitrogen and oxygen atoms in total. The van der Waals surface area contributed by atoms with Gasteiger partial charge in [0.05, 0.1) is 16.8 Å². The molecule has 0 aliphatic rings. The number of rotatable bonds is 6. The summed E-state index contributed by atoms with van der Waals surface area (Å²) in [5.41, 5.74) is 3.15. The van der Waals surface area contributed by atoms with Gasteiger partial charge in [0.15, 0.2) is 5.16 Å². The minimum atomic E-state index is 0.0291. The maximum atomic E-state index is 11.8. The Morgan fingerprint density at radius 1 is 1.09 bits per heavy atom. The zero-order valence-corrected chi connectivity index (χ0v) is 12.9. The second kappa shape index (κ2) is 7.13. The Balaban J connectivity index is 1.44. The van der Waals surface area contributed by atoms with Crippen LogP contribution in [0.4, 0.5) is 0 Å². The number of fused-ring (bicyclic) bond motifs is 1. The van der Waals surface area contributed by atoms with Gasteiger partial charge < -0.3 is 10.3 Å². The molecule has 1 heterocycles. The highest BCUT2D eigenvalue weighted by molar-refractivity contribution is 7.99. The zero-order valence-electron chi connectivity index (χ0n) is 12.1. The molecule has 2 N–H and O–H groups in total. The molecule has 1 amide bonds. The first-order valence-electron chi connectivity index (χ1n) is 7.19. The van der Waals surface area contributed by atoms with E-state index in [0.717, 1.165) is 22.6 Å². The van der Waals surface area contributed by atoms with Gasteiger partial charge in [-0.05, 0) is 24.1 Å². The van der Waals surface area contributed by atoms with Crippen molar-refractivity contribution in [3.8, 4) is 0 Å². The Kier molecular flexibility index (Phi) is 4.75. The van der Waals surface area contributed by atoms with Crippen molar-refractivity contribution in [3.63, 3.8) is 0 Å². The molecule has 5 heteroatoms. The number of carbonyl (C=O) groups is 1. The van der Waals surface area contributed by atoms with Crippen molar-refractivity contribution in [1.29, 1.82) is 0 Å². The normalized spacial score (nSPS) is 10.7. The Labute approximate surface area is 133 Å². The van der Waals surface area contributed by atoms with Gasteiger partial charge in [0.1, 0.15) is 0 Å². The number of aromatic amines is 1. The molecule has 3 aromatic rings. The smallest absolute Gasteiger partial charge is 0.230 e. The summed E-state index contributed by atoms with van der Waals surface area (Å²) < 4.78 is 0. The summed E-state index contributed by atoms with van der Waals surface area (Å²) in [6.07, 6.45) is 0.849. The topological polar surface area (TPSA) is 57.8 Å². The number of aromatic nitrogens is 2. The van der Waals surface area contributed by atoms with Gasteiger partial charge in [-0.3, -0.25) is 4.79 Å². The minimum absolute atomic E-state index is 0.0291. The van der Waals surface area contributed by atoms with E-state index in [2.05, 4.69) is 27.4 Å². The Bertz CT molecular complexity index is 722. The molecule has 0 radical (unpaired) electrons. The number of amides is 1. The van der Waals surface area contributed by atoms with Crippen LogP contribution in [0, 0.1) is 0 Å². The molecular formula is C17H17N3OS. The van der Waals surface area contributed by atoms with Crippen LogP contribution in [0.15, 0.2) is 59.8 Å². The first-order valence-corrected chi connectivity index (χ1v) is 8.18. The van der Waals surface area contributed by atoms with Gasteiger partial charge in [-0.1, -0.05) is 54.2 Å². The van der Waals surface area contributed by atoms with Gasteiger partial charge in [0.2, 0.25) is 5.91 Å². The maximum Gasteiger partial charge on any atom is 0.230 e. The highest BCUT2D eigenvalue weighted by atomic mass is 32.2. The van der Waals surface area contributed by atoms with Crippen LogP contribution in [-0.2, 0) is 11.2 Å². The van der Waals surface area contributed by atoms with Crippen molar-refractivity contribution < 1.29 is 4.79 Å². The molecule has 2 aromatic carbocycles. The average molecular weight is 311 g/mol. The van der Waals surface area contributed by atoms with E-state index < -0.39 is 0 Å². The van der Waals surface area contributed by atoms with Crippen molar-refractivity contribution >= 4 is 28.7 Å². The molecule has 0 fully saturated rings. The fraction of sp³-hybridized carbons (Fsp3) is 0.176. The lowest BCUT2D eigenvalue weighted by Crippen LogP contribution is -2.27. The predicted octanol–water partition coefficient (Wildman–Crippen LogP) is 3.01. The quantitative estimate of drug-likeness (QED) is 0.688. The standard InChI is InChI=1S/C17H17N3OS/c21-16(18-11-10-13-6-2-1-3-7-13)12-22-17-19-14-8-4-5-9-15(14)20-17/h1-9H,10-12H2,(H,18,21)(H,19,20). The molecule has 112 valence electrons. The molecule has 0 bridgehead atoms. The average Bonchev–Trinajstić information content (AvgIpc) is 2.97. The monoisotopic (exact) mass is 311 g/mol. The van der Waals surface area contributed by atoms with Crippen molar-refractivity contribution in [3.05, 3.63) is 60.2 Å². The Hall–Kier alpha value is -2.27. The van der Waals surface area contributed by atoms with E-state index in [4.69, 9.17) is 0 Å². The highest BCUT2D eigenvalue weighted by Gasteiger charge is 2.06. The van der Waals surface area contributed by atoms with Crippen molar-refractivity contribution in [2.24, 2.45) is 0 Å². The van der Waals surface area contributed by atoms with Crippen LogP contribution in [0.2, 0.25) is 0 Å². The van der Waals surface area contributed by atoms with Gasteiger partial charge in [-0.25, -0.2) is 4.98 Å². The number of nitrogens with zero attached hydrogens (tertiary/aromatic N) is 1. The lowest BCUT2D eigenvalue weighted by molar-refractivity contribution is -0.118. The van der Waals surface area contributed by atoms with E-state index in [9.17, 15) is 4.79 Å². The molecule has 0 spiro atoms. The van der Waals surface area contributed by atoms with Crippen LogP contribution >= 0.6 is 11.8 Å². The molecule has 3 rings (SSSR count). The van der Waals surface area contributed by atoms with E-state index in [1.54, 1.807) is 0 Å². The molecule has 22 heavy (non-hydrogen) atoms. The van der Waals surface area contributed by atoms with Gasteiger partial charge in [0.25, 0.3) is 0 Å². The van der Waals surface area contributed by atoms with Crippen LogP contribution in [0.25, 0.3) is 11.0 Å². The number of hydrogen-bond acceptors (Lipinski definition) is 3. The van der Waals surface area contributed by atoms with Gasteiger partial charge >= 0.3 is 0 Å². The van der Waals surface area contributed by atoms with Crippen LogP contribution in [0.5, 0.6) is 0 Å². The molecule has 0 saturated heterocycles. The van der Waals surface area contributed by atoms with Crippen LogP contribution in [-0.4, -0.2) is 28.2 Å². The fourth-order valence-corrected chi connectivity index (χ4v) is 2.89. The zero-order chi connectivity index (χ0) is 15.2. The largest absolute Gasteiger partial charge is 0.355 e. The third-order valence-electron chi connectivity index (χ3n) is 3.29. The summed E-state index contributed by atoms with van der Waals surface area (Å²) in [5.74, 6) is 0.399. The third-order valence-corrected chi connectivity index (χ3v) is 4.16. The number of imidazole rings is 1. The van der Waals surface area contributed by atoms with Crippen molar-refractivity contribution in [2.75, 3.05) is 12.3 Å². The highest BCUT2D eigenvalue weighted by Crippen LogP contribution is 2.18. The second-order valence-corrected chi connectivity index (χ2v) is 5.90. The SMILES string of the molecule is O=C(CSc1nc2ccccc2[nH]1)NCCc1ccccc1. The van der Waals surface area contributed by atoms with Crippen molar-refractivity contribution in [1.82, 2.24) is 15.3 Å². The summed E-state index contributed by atoms with van der Waals surface area (Å²) in [6, 6.07) is 18.0. The van der Waals surface area contributed by atoms with Gasteiger partial charge in [-0.2, -0.15) is 0 Å². The minimum Gasteiger partial charge on any atom is -0.355 e. The first kappa shape index (κ1) is 14.7. The number of H-pyrrole nitrogens is 1. The first-order chi connectivity index (χ1) is 10.8. The van der Waals surface area contributed by atoms with Crippen LogP contribution in [0.3, 0.4) is 0 Å². The molecular weight excluding hydrogens is 294 g/mol. The number of nitrogens with one attached hydrogen (secondary N) is 2. The summed E-state index contributed by atoms with van der Waals surface area (Å²) >= 11 is 1.42. The number of benzene rings is 2. The number of thioether (sulfide) groups is 1. The lowest BCUT2D eigenvalue weighted by atomic mass is 10.1. The molecule has 0 aliphatic carbocycles. The van der Waals surface area contributed by atoms with Gasteiger partial charge in [-0.15, -0.1) is 0 Å². The predicted molar refractivity (Wildman–Crippen MR) is 90.0 cm³/mol. The molecule has 1 aromatic heterocycles. The van der Waals surface area contributed by atoms with E-state index in [-0.39, 0.29) is 5.91 Å². The summed E-state index contributed by atoms with van der Waals surface area (Å²) in [6.45, 7) is 0.656. The summed E-state index contributed by atoms with van der Waals surface area (Å²) in [5, 5.41) is 3.71. The van der Waals surface area contributed by atoms with E-state index in [1.165, 1.54) is 17.3 Å². The van der Waals surface area contributed by atoms with Gasteiger partial charge in [0, 0.05) is 6.54 Å². The van der Waals surface area contributed by atoms with E-state index in [1.807, 2.05) is 42.5 Å². The summed E-state index contributed by atoms with van der Waals surface area (Å²) in [4.78, 5) is 19.5. The molecule has 0 aliphatic heterocycles. The number of para-hydroxylation sites is 2. The van der Waals surface area contributed by atoms with E-state index in [0.29, 0.717) is 12.3 Å². The molecule has 0 atom stereocenters.